The number of carbonyl (C=O) groups excluding carboxylic acids is 3. The first-order chi connectivity index (χ1) is 20.7. The summed E-state index contributed by atoms with van der Waals surface area (Å²) in [6.07, 6.45) is -13.7. The number of nitrogens with zero attached hydrogens (tertiary/aromatic N) is 3. The second kappa shape index (κ2) is 13.4. The van der Waals surface area contributed by atoms with Crippen LogP contribution in [0, 0.1) is 0 Å². The van der Waals surface area contributed by atoms with Gasteiger partial charge in [-0.2, -0.15) is 26.3 Å². The summed E-state index contributed by atoms with van der Waals surface area (Å²) < 4.78 is 85.4. The highest BCUT2D eigenvalue weighted by Crippen LogP contribution is 2.32. The number of halogens is 7. The predicted octanol–water partition coefficient (Wildman–Crippen LogP) is 4.12. The van der Waals surface area contributed by atoms with Gasteiger partial charge in [-0.1, -0.05) is 29.8 Å². The van der Waals surface area contributed by atoms with E-state index in [0.717, 1.165) is 25.3 Å². The Bertz CT molecular complexity index is 1620. The molecule has 3 aromatic rings. The van der Waals surface area contributed by atoms with Gasteiger partial charge in [0.15, 0.2) is 17.7 Å². The van der Waals surface area contributed by atoms with Crippen LogP contribution < -0.4 is 11.0 Å². The standard InChI is InChI=1S/C28H27ClF6N4O6/c1-26(2,24(43)45-3)36-23(42)20(16-5-4-6-17(11-16)27(30,31)32)12-19(40)13-39-25(44)38(14-21(41)28(33,34)35)22(37-39)15-7-9-18(29)10-8-15/h4-11,20-21,41H,12-14H2,1-3H3,(H,36,42)/t20?,21-/m0/s1. The average Bonchev–Trinajstić information content (AvgIpc) is 3.24. The van der Waals surface area contributed by atoms with Gasteiger partial charge in [0.05, 0.1) is 25.1 Å². The number of nitrogens with one attached hydrogen (secondary N) is 1. The fraction of sp³-hybridized carbons (Fsp3) is 0.393. The van der Waals surface area contributed by atoms with Gasteiger partial charge in [0, 0.05) is 17.0 Å². The van der Waals surface area contributed by atoms with Crippen LogP contribution in [-0.2, 0) is 38.4 Å². The minimum atomic E-state index is -5.10. The SMILES string of the molecule is COC(=O)C(C)(C)NC(=O)C(CC(=O)Cn1nc(-c2ccc(Cl)cc2)n(C[C@H](O)C(F)(F)F)c1=O)c1cccc(C(F)(F)F)c1. The molecule has 1 heterocycles. The smallest absolute Gasteiger partial charge is 0.416 e. The molecule has 0 spiro atoms. The number of benzene rings is 2. The molecular weight excluding hydrogens is 638 g/mol. The Morgan fingerprint density at radius 2 is 1.67 bits per heavy atom. The van der Waals surface area contributed by atoms with Crippen molar-refractivity contribution in [2.24, 2.45) is 0 Å². The summed E-state index contributed by atoms with van der Waals surface area (Å²) in [5.41, 5.74) is -4.13. The molecule has 1 amide bonds. The topological polar surface area (TPSA) is 133 Å². The maximum atomic E-state index is 13.4. The number of aliphatic hydroxyl groups excluding tert-OH is 1. The Hall–Kier alpha value is -4.18. The highest BCUT2D eigenvalue weighted by molar-refractivity contribution is 6.30. The zero-order valence-corrected chi connectivity index (χ0v) is 24.6. The quantitative estimate of drug-likeness (QED) is 0.233. The van der Waals surface area contributed by atoms with Crippen LogP contribution in [-0.4, -0.2) is 62.0 Å². The van der Waals surface area contributed by atoms with Crippen molar-refractivity contribution in [2.75, 3.05) is 7.11 Å². The Kier molecular flexibility index (Phi) is 10.5. The molecular formula is C28H27ClF6N4O6. The number of aliphatic hydroxyl groups is 1. The summed E-state index contributed by atoms with van der Waals surface area (Å²) in [5.74, 6) is -4.79. The number of alkyl halides is 6. The number of rotatable bonds is 11. The van der Waals surface area contributed by atoms with E-state index in [0.29, 0.717) is 15.3 Å². The summed E-state index contributed by atoms with van der Waals surface area (Å²) in [7, 11) is 1.05. The van der Waals surface area contributed by atoms with Gasteiger partial charge in [-0.15, -0.1) is 5.10 Å². The van der Waals surface area contributed by atoms with E-state index in [-0.39, 0.29) is 22.0 Å². The molecule has 1 aromatic heterocycles. The summed E-state index contributed by atoms with van der Waals surface area (Å²) in [4.78, 5) is 51.8. The summed E-state index contributed by atoms with van der Waals surface area (Å²) in [6, 6.07) is 8.99. The molecule has 2 atom stereocenters. The highest BCUT2D eigenvalue weighted by Gasteiger charge is 2.40. The molecule has 0 aliphatic rings. The molecule has 45 heavy (non-hydrogen) atoms. The lowest BCUT2D eigenvalue weighted by Crippen LogP contribution is -2.52. The zero-order chi connectivity index (χ0) is 33.9. The van der Waals surface area contributed by atoms with E-state index in [4.69, 9.17) is 11.6 Å². The second-order valence-electron chi connectivity index (χ2n) is 10.5. The summed E-state index contributed by atoms with van der Waals surface area (Å²) in [6.45, 7) is 0.354. The lowest BCUT2D eigenvalue weighted by molar-refractivity contribution is -0.207. The monoisotopic (exact) mass is 664 g/mol. The van der Waals surface area contributed by atoms with Gasteiger partial charge in [-0.25, -0.2) is 14.3 Å². The molecule has 3 rings (SSSR count). The molecule has 0 aliphatic carbocycles. The molecule has 0 saturated heterocycles. The van der Waals surface area contributed by atoms with Crippen molar-refractivity contribution in [2.45, 2.75) is 63.3 Å². The van der Waals surface area contributed by atoms with Gasteiger partial charge in [-0.05, 0) is 49.7 Å². The molecule has 1 unspecified atom stereocenters. The molecule has 0 fully saturated rings. The molecule has 2 N–H and O–H groups in total. The number of carbonyl (C=O) groups is 3. The fourth-order valence-corrected chi connectivity index (χ4v) is 4.38. The van der Waals surface area contributed by atoms with E-state index < -0.39 is 78.3 Å². The molecule has 2 aromatic carbocycles. The third-order valence-corrected chi connectivity index (χ3v) is 6.83. The summed E-state index contributed by atoms with van der Waals surface area (Å²) in [5, 5.41) is 16.2. The molecule has 0 bridgehead atoms. The van der Waals surface area contributed by atoms with Crippen molar-refractivity contribution >= 4 is 29.3 Å². The van der Waals surface area contributed by atoms with Crippen LogP contribution in [0.25, 0.3) is 11.4 Å². The first kappa shape index (κ1) is 35.3. The van der Waals surface area contributed by atoms with Crippen LogP contribution in [0.15, 0.2) is 53.3 Å². The van der Waals surface area contributed by atoms with Crippen LogP contribution in [0.1, 0.15) is 37.3 Å². The Morgan fingerprint density at radius 1 is 1.04 bits per heavy atom. The number of Topliss-reactive ketones (excluding diaryl/α,β-unsaturated/α-hetero) is 1. The first-order valence-corrected chi connectivity index (χ1v) is 13.4. The van der Waals surface area contributed by atoms with Crippen LogP contribution in [0.4, 0.5) is 26.3 Å². The van der Waals surface area contributed by atoms with Crippen molar-refractivity contribution in [3.63, 3.8) is 0 Å². The van der Waals surface area contributed by atoms with Crippen LogP contribution in [0.2, 0.25) is 5.02 Å². The molecule has 10 nitrogen and oxygen atoms in total. The molecule has 0 radical (unpaired) electrons. The zero-order valence-electron chi connectivity index (χ0n) is 23.9. The lowest BCUT2D eigenvalue weighted by Gasteiger charge is -2.26. The number of ether oxygens (including phenoxy) is 1. The van der Waals surface area contributed by atoms with E-state index >= 15 is 0 Å². The Labute approximate surface area is 256 Å². The van der Waals surface area contributed by atoms with Gasteiger partial charge >= 0.3 is 24.0 Å². The number of amides is 1. The number of esters is 1. The predicted molar refractivity (Wildman–Crippen MR) is 147 cm³/mol. The Morgan fingerprint density at radius 3 is 2.22 bits per heavy atom. The van der Waals surface area contributed by atoms with Crippen molar-refractivity contribution < 1.29 is 50.6 Å². The molecule has 17 heteroatoms. The van der Waals surface area contributed by atoms with Crippen LogP contribution >= 0.6 is 11.6 Å². The normalized spacial score (nSPS) is 13.7. The molecule has 0 saturated carbocycles. The fourth-order valence-electron chi connectivity index (χ4n) is 4.25. The van der Waals surface area contributed by atoms with Gasteiger partial charge in [0.1, 0.15) is 12.1 Å². The Balaban J connectivity index is 2.01. The average molecular weight is 665 g/mol. The largest absolute Gasteiger partial charge is 0.467 e. The number of methoxy groups -OCH3 is 1. The maximum absolute atomic E-state index is 13.4. The van der Waals surface area contributed by atoms with Gasteiger partial charge in [-0.3, -0.25) is 14.2 Å². The van der Waals surface area contributed by atoms with Gasteiger partial charge in [0.2, 0.25) is 5.91 Å². The van der Waals surface area contributed by atoms with E-state index in [2.05, 4.69) is 15.2 Å². The van der Waals surface area contributed by atoms with E-state index in [1.165, 1.54) is 38.1 Å². The van der Waals surface area contributed by atoms with Crippen molar-refractivity contribution in [3.05, 3.63) is 75.2 Å². The minimum Gasteiger partial charge on any atom is -0.467 e. The number of hydrogen-bond acceptors (Lipinski definition) is 7. The van der Waals surface area contributed by atoms with Crippen molar-refractivity contribution in [1.82, 2.24) is 19.7 Å². The number of hydrogen-bond donors (Lipinski definition) is 2. The molecule has 244 valence electrons. The van der Waals surface area contributed by atoms with Crippen LogP contribution in [0.5, 0.6) is 0 Å². The maximum Gasteiger partial charge on any atom is 0.416 e. The summed E-state index contributed by atoms with van der Waals surface area (Å²) >= 11 is 5.86. The third kappa shape index (κ3) is 8.72. The molecule has 0 aliphatic heterocycles. The lowest BCUT2D eigenvalue weighted by atomic mass is 9.90. The van der Waals surface area contributed by atoms with E-state index in [9.17, 15) is 50.6 Å². The van der Waals surface area contributed by atoms with Crippen molar-refractivity contribution in [1.29, 1.82) is 0 Å². The highest BCUT2D eigenvalue weighted by atomic mass is 35.5. The van der Waals surface area contributed by atoms with E-state index in [1.54, 1.807) is 0 Å². The van der Waals surface area contributed by atoms with Gasteiger partial charge < -0.3 is 15.2 Å². The van der Waals surface area contributed by atoms with Gasteiger partial charge in [0.25, 0.3) is 0 Å². The van der Waals surface area contributed by atoms with Crippen LogP contribution in [0.3, 0.4) is 0 Å². The number of aromatic nitrogens is 3. The van der Waals surface area contributed by atoms with Crippen molar-refractivity contribution in [3.8, 4) is 11.4 Å². The second-order valence-corrected chi connectivity index (χ2v) is 10.9. The van der Waals surface area contributed by atoms with E-state index in [1.807, 2.05) is 0 Å². The number of ketones is 1. The first-order valence-electron chi connectivity index (χ1n) is 13.0. The third-order valence-electron chi connectivity index (χ3n) is 6.58. The minimum absolute atomic E-state index is 0.114.